The Bertz CT molecular complexity index is 804. The van der Waals surface area contributed by atoms with Gasteiger partial charge in [-0.15, -0.1) is 0 Å². The number of nitrogens with one attached hydrogen (secondary N) is 2. The molecule has 2 N–H and O–H groups in total. The van der Waals surface area contributed by atoms with Gasteiger partial charge in [0.2, 0.25) is 5.88 Å². The van der Waals surface area contributed by atoms with Crippen molar-refractivity contribution < 1.29 is 14.2 Å². The molecule has 28 heavy (non-hydrogen) atoms. The van der Waals surface area contributed by atoms with Crippen molar-refractivity contribution in [3.8, 4) is 11.6 Å². The van der Waals surface area contributed by atoms with Gasteiger partial charge < -0.3 is 24.8 Å². The van der Waals surface area contributed by atoms with E-state index in [0.29, 0.717) is 31.5 Å². The molecule has 1 aromatic heterocycles. The van der Waals surface area contributed by atoms with Gasteiger partial charge >= 0.3 is 0 Å². The van der Waals surface area contributed by atoms with Crippen molar-refractivity contribution in [2.45, 2.75) is 32.5 Å². The van der Waals surface area contributed by atoms with Crippen LogP contribution in [0.15, 0.2) is 41.4 Å². The number of methoxy groups -OCH3 is 1. The van der Waals surface area contributed by atoms with Gasteiger partial charge in [0, 0.05) is 31.6 Å². The molecular formula is C21H28N4O3. The van der Waals surface area contributed by atoms with Crippen LogP contribution in [0.2, 0.25) is 0 Å². The normalized spacial score (nSPS) is 16.7. The van der Waals surface area contributed by atoms with Gasteiger partial charge in [0.1, 0.15) is 11.9 Å². The molecule has 7 heteroatoms. The van der Waals surface area contributed by atoms with E-state index in [2.05, 4.69) is 45.7 Å². The van der Waals surface area contributed by atoms with Crippen LogP contribution in [0.25, 0.3) is 0 Å². The van der Waals surface area contributed by atoms with Crippen molar-refractivity contribution in [3.63, 3.8) is 0 Å². The zero-order chi connectivity index (χ0) is 19.8. The van der Waals surface area contributed by atoms with Crippen LogP contribution in [0.1, 0.15) is 23.2 Å². The average Bonchev–Trinajstić information content (AvgIpc) is 3.22. The Morgan fingerprint density at radius 2 is 2.11 bits per heavy atom. The van der Waals surface area contributed by atoms with Crippen LogP contribution in [0, 0.1) is 6.92 Å². The minimum atomic E-state index is 0.122. The third-order valence-corrected chi connectivity index (χ3v) is 4.50. The second kappa shape index (κ2) is 9.94. The van der Waals surface area contributed by atoms with Crippen LogP contribution in [-0.2, 0) is 17.8 Å². The van der Waals surface area contributed by atoms with Crippen LogP contribution in [0.4, 0.5) is 0 Å². The summed E-state index contributed by atoms with van der Waals surface area (Å²) in [5.41, 5.74) is 3.13. The largest absolute Gasteiger partial charge is 0.488 e. The third kappa shape index (κ3) is 5.60. The predicted octanol–water partition coefficient (Wildman–Crippen LogP) is 2.43. The van der Waals surface area contributed by atoms with Gasteiger partial charge in [-0.05, 0) is 24.6 Å². The fourth-order valence-electron chi connectivity index (χ4n) is 2.95. The van der Waals surface area contributed by atoms with Crippen molar-refractivity contribution in [2.75, 3.05) is 27.4 Å². The lowest BCUT2D eigenvalue weighted by atomic mass is 10.1. The summed E-state index contributed by atoms with van der Waals surface area (Å²) in [6.07, 6.45) is 1.05. The molecule has 0 spiro atoms. The van der Waals surface area contributed by atoms with E-state index in [9.17, 15) is 0 Å². The Kier molecular flexibility index (Phi) is 7.08. The molecule has 0 radical (unpaired) electrons. The van der Waals surface area contributed by atoms with E-state index in [1.54, 1.807) is 14.2 Å². The monoisotopic (exact) mass is 384 g/mol. The van der Waals surface area contributed by atoms with E-state index in [4.69, 9.17) is 14.2 Å². The molecule has 1 aliphatic rings. The van der Waals surface area contributed by atoms with Gasteiger partial charge in [0.25, 0.3) is 0 Å². The molecule has 1 aliphatic heterocycles. The number of aliphatic imine (C=N–C) groups is 1. The molecule has 0 bridgehead atoms. The summed E-state index contributed by atoms with van der Waals surface area (Å²) in [6.45, 7) is 4.63. The number of guanidine groups is 1. The van der Waals surface area contributed by atoms with Gasteiger partial charge in [0.15, 0.2) is 5.96 Å². The first-order valence-corrected chi connectivity index (χ1v) is 9.46. The molecule has 1 saturated heterocycles. The maximum absolute atomic E-state index is 6.16. The van der Waals surface area contributed by atoms with Gasteiger partial charge in [0.05, 0.1) is 32.6 Å². The fourth-order valence-corrected chi connectivity index (χ4v) is 2.95. The molecule has 1 aromatic carbocycles. The number of ether oxygens (including phenoxy) is 3. The number of benzene rings is 1. The molecule has 150 valence electrons. The van der Waals surface area contributed by atoms with Crippen molar-refractivity contribution in [2.24, 2.45) is 4.99 Å². The SMILES string of the molecule is CN=C(NCc1cccc(OC)n1)NCc1ccc(C)cc1OC1CCOC1. The average molecular weight is 384 g/mol. The second-order valence-electron chi connectivity index (χ2n) is 6.67. The van der Waals surface area contributed by atoms with Gasteiger partial charge in [-0.1, -0.05) is 18.2 Å². The van der Waals surface area contributed by atoms with E-state index in [1.807, 2.05) is 18.2 Å². The van der Waals surface area contributed by atoms with E-state index in [-0.39, 0.29) is 6.10 Å². The second-order valence-corrected chi connectivity index (χ2v) is 6.67. The zero-order valence-corrected chi connectivity index (χ0v) is 16.7. The molecule has 7 nitrogen and oxygen atoms in total. The summed E-state index contributed by atoms with van der Waals surface area (Å²) < 4.78 is 16.7. The first kappa shape index (κ1) is 19.9. The summed E-state index contributed by atoms with van der Waals surface area (Å²) in [5, 5.41) is 6.61. The van der Waals surface area contributed by atoms with Crippen LogP contribution in [-0.4, -0.2) is 44.4 Å². The van der Waals surface area contributed by atoms with Crippen molar-refractivity contribution in [1.29, 1.82) is 0 Å². The van der Waals surface area contributed by atoms with E-state index < -0.39 is 0 Å². The number of hydrogen-bond acceptors (Lipinski definition) is 5. The van der Waals surface area contributed by atoms with Crippen molar-refractivity contribution in [1.82, 2.24) is 15.6 Å². The first-order chi connectivity index (χ1) is 13.7. The highest BCUT2D eigenvalue weighted by molar-refractivity contribution is 5.79. The van der Waals surface area contributed by atoms with E-state index >= 15 is 0 Å². The molecule has 1 unspecified atom stereocenters. The summed E-state index contributed by atoms with van der Waals surface area (Å²) in [5.74, 6) is 2.19. The van der Waals surface area contributed by atoms with E-state index in [1.165, 1.54) is 5.56 Å². The number of hydrogen-bond donors (Lipinski definition) is 2. The Balaban J connectivity index is 1.58. The summed E-state index contributed by atoms with van der Waals surface area (Å²) in [6, 6.07) is 11.9. The van der Waals surface area contributed by atoms with Gasteiger partial charge in [-0.25, -0.2) is 4.98 Å². The highest BCUT2D eigenvalue weighted by atomic mass is 16.5. The highest BCUT2D eigenvalue weighted by Crippen LogP contribution is 2.23. The summed E-state index contributed by atoms with van der Waals surface area (Å²) in [7, 11) is 3.36. The highest BCUT2D eigenvalue weighted by Gasteiger charge is 2.18. The molecule has 2 aromatic rings. The van der Waals surface area contributed by atoms with Crippen LogP contribution in [0.5, 0.6) is 11.6 Å². The van der Waals surface area contributed by atoms with Gasteiger partial charge in [-0.2, -0.15) is 0 Å². The summed E-state index contributed by atoms with van der Waals surface area (Å²) >= 11 is 0. The lowest BCUT2D eigenvalue weighted by Crippen LogP contribution is -2.36. The molecule has 1 atom stereocenters. The number of aromatic nitrogens is 1. The molecule has 0 amide bonds. The molecule has 0 aliphatic carbocycles. The lowest BCUT2D eigenvalue weighted by molar-refractivity contribution is 0.140. The van der Waals surface area contributed by atoms with E-state index in [0.717, 1.165) is 30.0 Å². The fraction of sp³-hybridized carbons (Fsp3) is 0.429. The van der Waals surface area contributed by atoms with Crippen molar-refractivity contribution >= 4 is 5.96 Å². The maximum atomic E-state index is 6.16. The third-order valence-electron chi connectivity index (χ3n) is 4.50. The Morgan fingerprint density at radius 1 is 1.25 bits per heavy atom. The lowest BCUT2D eigenvalue weighted by Gasteiger charge is -2.18. The number of aryl methyl sites for hydroxylation is 1. The number of nitrogens with zero attached hydrogens (tertiary/aromatic N) is 2. The number of rotatable bonds is 7. The molecule has 1 fully saturated rings. The minimum Gasteiger partial charge on any atom is -0.488 e. The zero-order valence-electron chi connectivity index (χ0n) is 16.7. The van der Waals surface area contributed by atoms with Crippen LogP contribution >= 0.6 is 0 Å². The predicted molar refractivity (Wildman–Crippen MR) is 109 cm³/mol. The van der Waals surface area contributed by atoms with Gasteiger partial charge in [-0.3, -0.25) is 4.99 Å². The Labute approximate surface area is 166 Å². The molecule has 0 saturated carbocycles. The van der Waals surface area contributed by atoms with Crippen LogP contribution < -0.4 is 20.1 Å². The topological polar surface area (TPSA) is 77.0 Å². The smallest absolute Gasteiger partial charge is 0.213 e. The Morgan fingerprint density at radius 3 is 2.86 bits per heavy atom. The first-order valence-electron chi connectivity index (χ1n) is 9.46. The minimum absolute atomic E-state index is 0.122. The Hall–Kier alpha value is -2.80. The molecule has 3 rings (SSSR count). The van der Waals surface area contributed by atoms with Crippen molar-refractivity contribution in [3.05, 3.63) is 53.2 Å². The standard InChI is InChI=1S/C21H28N4O3/c1-15-7-8-16(19(11-15)28-18-9-10-27-14-18)12-23-21(22-2)24-13-17-5-4-6-20(25-17)26-3/h4-8,11,18H,9-10,12-14H2,1-3H3,(H2,22,23,24). The summed E-state index contributed by atoms with van der Waals surface area (Å²) in [4.78, 5) is 8.68. The quantitative estimate of drug-likeness (QED) is 0.564. The number of pyridine rings is 1. The molecule has 2 heterocycles. The molecular weight excluding hydrogens is 356 g/mol. The van der Waals surface area contributed by atoms with Crippen LogP contribution in [0.3, 0.4) is 0 Å². The maximum Gasteiger partial charge on any atom is 0.213 e.